The molecule has 0 bridgehead atoms. The summed E-state index contributed by atoms with van der Waals surface area (Å²) in [5, 5.41) is 9.61. The van der Waals surface area contributed by atoms with Gasteiger partial charge in [-0.15, -0.1) is 11.3 Å². The van der Waals surface area contributed by atoms with Crippen molar-refractivity contribution in [2.24, 2.45) is 0 Å². The third-order valence-corrected chi connectivity index (χ3v) is 6.62. The molecule has 1 fully saturated rings. The first kappa shape index (κ1) is 25.4. The molecule has 4 aromatic rings. The van der Waals surface area contributed by atoms with E-state index >= 15 is 0 Å². The zero-order chi connectivity index (χ0) is 24.8. The van der Waals surface area contributed by atoms with Gasteiger partial charge in [-0.1, -0.05) is 11.6 Å². The van der Waals surface area contributed by atoms with E-state index < -0.39 is 11.6 Å². The number of anilines is 1. The Bertz CT molecular complexity index is 1270. The van der Waals surface area contributed by atoms with Gasteiger partial charge in [0.25, 0.3) is 0 Å². The zero-order valence-corrected chi connectivity index (χ0v) is 21.2. The van der Waals surface area contributed by atoms with Crippen molar-refractivity contribution >= 4 is 40.7 Å². The van der Waals surface area contributed by atoms with E-state index in [0.29, 0.717) is 27.7 Å². The van der Waals surface area contributed by atoms with Gasteiger partial charge >= 0.3 is 0 Å². The van der Waals surface area contributed by atoms with Crippen molar-refractivity contribution in [3.05, 3.63) is 70.1 Å². The number of hydrogen-bond donors (Lipinski definition) is 2. The Balaban J connectivity index is 0.000000917. The average Bonchev–Trinajstić information content (AvgIpc) is 3.48. The fourth-order valence-electron chi connectivity index (χ4n) is 3.21. The van der Waals surface area contributed by atoms with Crippen molar-refractivity contribution in [3.8, 4) is 22.8 Å². The van der Waals surface area contributed by atoms with E-state index in [1.807, 2.05) is 10.1 Å². The summed E-state index contributed by atoms with van der Waals surface area (Å²) >= 11 is 8.88. The van der Waals surface area contributed by atoms with Crippen LogP contribution in [-0.2, 0) is 4.74 Å². The number of nitrogens with one attached hydrogen (secondary N) is 2. The summed E-state index contributed by atoms with van der Waals surface area (Å²) in [6.45, 7) is 1.57. The van der Waals surface area contributed by atoms with Gasteiger partial charge < -0.3 is 19.5 Å². The second-order valence-corrected chi connectivity index (χ2v) is 9.39. The topological polar surface area (TPSA) is 73.2 Å². The molecule has 7 nitrogen and oxygen atoms in total. The molecule has 2 N–H and O–H groups in total. The van der Waals surface area contributed by atoms with Crippen LogP contribution in [0.15, 0.2) is 58.4 Å². The van der Waals surface area contributed by atoms with E-state index in [-0.39, 0.29) is 16.8 Å². The minimum atomic E-state index is -0.508. The predicted molar refractivity (Wildman–Crippen MR) is 136 cm³/mol. The predicted octanol–water partition coefficient (Wildman–Crippen LogP) is 6.26. The molecule has 0 unspecified atom stereocenters. The highest BCUT2D eigenvalue weighted by Gasteiger charge is 2.24. The lowest BCUT2D eigenvalue weighted by atomic mass is 10.1. The summed E-state index contributed by atoms with van der Waals surface area (Å²) in [7, 11) is 3.25. The molecular weight excluding hydrogens is 516 g/mol. The van der Waals surface area contributed by atoms with Crippen molar-refractivity contribution < 1.29 is 18.3 Å². The maximum absolute atomic E-state index is 14.7. The van der Waals surface area contributed by atoms with Gasteiger partial charge in [-0.25, -0.2) is 13.8 Å². The standard InChI is InChI=1S/C21H16ClF2N5OS2.C2H6O/c22-15-6-20(32-28-21-10-31-11-26-21)16(24)7-19(15)30-18-2-1-12(23)5-14(18)17-3-4-27-29(17)13-8-25-9-13;1-3-2/h1-7,10-11,13,25,28H,8-9H2;1-2H3. The molecule has 1 aliphatic heterocycles. The molecule has 5 rings (SSSR count). The van der Waals surface area contributed by atoms with E-state index in [1.54, 1.807) is 32.0 Å². The van der Waals surface area contributed by atoms with Crippen LogP contribution in [0.1, 0.15) is 6.04 Å². The fraction of sp³-hybridized carbons (Fsp3) is 0.217. The second kappa shape index (κ2) is 11.8. The summed E-state index contributed by atoms with van der Waals surface area (Å²) in [4.78, 5) is 4.39. The number of halogens is 3. The summed E-state index contributed by atoms with van der Waals surface area (Å²) in [5.41, 5.74) is 2.90. The lowest BCUT2D eigenvalue weighted by molar-refractivity contribution is 0.277. The molecule has 0 aliphatic carbocycles. The highest BCUT2D eigenvalue weighted by Crippen LogP contribution is 2.39. The fourth-order valence-corrected chi connectivity index (χ4v) is 4.70. The molecule has 0 atom stereocenters. The summed E-state index contributed by atoms with van der Waals surface area (Å²) in [6, 6.07) is 8.84. The molecule has 35 heavy (non-hydrogen) atoms. The number of aromatic nitrogens is 3. The van der Waals surface area contributed by atoms with Crippen LogP contribution in [0, 0.1) is 11.6 Å². The molecule has 2 aromatic heterocycles. The summed E-state index contributed by atoms with van der Waals surface area (Å²) in [6.07, 6.45) is 1.66. The highest BCUT2D eigenvalue weighted by atomic mass is 35.5. The molecule has 0 saturated carbocycles. The van der Waals surface area contributed by atoms with E-state index in [0.717, 1.165) is 25.0 Å². The lowest BCUT2D eigenvalue weighted by Gasteiger charge is -2.29. The van der Waals surface area contributed by atoms with Gasteiger partial charge in [0.1, 0.15) is 29.0 Å². The zero-order valence-electron chi connectivity index (χ0n) is 18.8. The summed E-state index contributed by atoms with van der Waals surface area (Å²) in [5.74, 6) is 0.189. The minimum absolute atomic E-state index is 0.131. The number of thiazole rings is 1. The first-order valence-electron chi connectivity index (χ1n) is 10.4. The molecule has 3 heterocycles. The third-order valence-electron chi connectivity index (χ3n) is 4.90. The Morgan fingerprint density at radius 2 is 1.97 bits per heavy atom. The van der Waals surface area contributed by atoms with E-state index in [2.05, 4.69) is 24.9 Å². The maximum atomic E-state index is 14.7. The van der Waals surface area contributed by atoms with Gasteiger partial charge in [0.05, 0.1) is 27.2 Å². The molecule has 0 amide bonds. The number of methoxy groups -OCH3 is 1. The van der Waals surface area contributed by atoms with Crippen LogP contribution in [-0.4, -0.2) is 42.1 Å². The Morgan fingerprint density at radius 3 is 2.66 bits per heavy atom. The molecule has 0 spiro atoms. The normalized spacial score (nSPS) is 13.1. The lowest BCUT2D eigenvalue weighted by Crippen LogP contribution is -2.44. The van der Waals surface area contributed by atoms with Crippen molar-refractivity contribution in [3.63, 3.8) is 0 Å². The van der Waals surface area contributed by atoms with Gasteiger partial charge in [0, 0.05) is 50.5 Å². The highest BCUT2D eigenvalue weighted by molar-refractivity contribution is 8.00. The van der Waals surface area contributed by atoms with E-state index in [1.165, 1.54) is 41.7 Å². The number of nitrogens with zero attached hydrogens (tertiary/aromatic N) is 3. The largest absolute Gasteiger partial charge is 0.455 e. The number of benzene rings is 2. The van der Waals surface area contributed by atoms with Crippen molar-refractivity contribution in [2.45, 2.75) is 10.9 Å². The van der Waals surface area contributed by atoms with Gasteiger partial charge in [-0.05, 0) is 42.3 Å². The molecule has 1 aliphatic rings. The van der Waals surface area contributed by atoms with E-state index in [9.17, 15) is 8.78 Å². The Labute approximate surface area is 214 Å². The van der Waals surface area contributed by atoms with Crippen LogP contribution >= 0.6 is 34.9 Å². The van der Waals surface area contributed by atoms with Crippen LogP contribution in [0.2, 0.25) is 5.02 Å². The first-order chi connectivity index (χ1) is 17.0. The van der Waals surface area contributed by atoms with Gasteiger partial charge in [-0.3, -0.25) is 4.68 Å². The third kappa shape index (κ3) is 6.11. The van der Waals surface area contributed by atoms with Gasteiger partial charge in [-0.2, -0.15) is 5.10 Å². The van der Waals surface area contributed by atoms with E-state index in [4.69, 9.17) is 16.3 Å². The van der Waals surface area contributed by atoms with Crippen LogP contribution in [0.5, 0.6) is 11.5 Å². The second-order valence-electron chi connectivity index (χ2n) is 7.41. The minimum Gasteiger partial charge on any atom is -0.455 e. The van der Waals surface area contributed by atoms with Gasteiger partial charge in [0.15, 0.2) is 0 Å². The first-order valence-corrected chi connectivity index (χ1v) is 12.6. The number of hydrogen-bond acceptors (Lipinski definition) is 8. The number of ether oxygens (including phenoxy) is 2. The molecule has 184 valence electrons. The molecule has 12 heteroatoms. The Kier molecular flexibility index (Phi) is 8.58. The van der Waals surface area contributed by atoms with Crippen molar-refractivity contribution in [1.29, 1.82) is 0 Å². The SMILES string of the molecule is COC.Fc1ccc(Oc2cc(F)c(SNc3cscn3)cc2Cl)c(-c2ccnn2C2CNC2)c1. The Morgan fingerprint density at radius 1 is 1.17 bits per heavy atom. The monoisotopic (exact) mass is 537 g/mol. The maximum Gasteiger partial charge on any atom is 0.149 e. The average molecular weight is 538 g/mol. The van der Waals surface area contributed by atoms with Crippen LogP contribution in [0.25, 0.3) is 11.3 Å². The van der Waals surface area contributed by atoms with Crippen LogP contribution in [0.4, 0.5) is 14.6 Å². The molecular formula is C23H22ClF2N5O2S2. The Hall–Kier alpha value is -2.70. The smallest absolute Gasteiger partial charge is 0.149 e. The molecule has 1 saturated heterocycles. The van der Waals surface area contributed by atoms with Gasteiger partial charge in [0.2, 0.25) is 0 Å². The number of rotatable bonds is 7. The molecule has 0 radical (unpaired) electrons. The molecule has 2 aromatic carbocycles. The van der Waals surface area contributed by atoms with Crippen LogP contribution < -0.4 is 14.8 Å². The summed E-state index contributed by atoms with van der Waals surface area (Å²) < 4.78 is 43.8. The van der Waals surface area contributed by atoms with Crippen molar-refractivity contribution in [1.82, 2.24) is 20.1 Å². The van der Waals surface area contributed by atoms with Crippen LogP contribution in [0.3, 0.4) is 0 Å². The van der Waals surface area contributed by atoms with Crippen molar-refractivity contribution in [2.75, 3.05) is 32.0 Å². The quantitative estimate of drug-likeness (QED) is 0.270.